The van der Waals surface area contributed by atoms with Crippen molar-refractivity contribution < 1.29 is 14.8 Å². The maximum absolute atomic E-state index is 12.0. The minimum Gasteiger partial charge on any atom is -0.387 e. The lowest BCUT2D eigenvalue weighted by Gasteiger charge is -2.12. The molecular formula is C13H13ClN4O4. The number of nitrogens with one attached hydrogen (secondary N) is 2. The van der Waals surface area contributed by atoms with E-state index in [1.807, 2.05) is 0 Å². The number of aromatic nitrogens is 2. The first kappa shape index (κ1) is 15.9. The molecular weight excluding hydrogens is 312 g/mol. The summed E-state index contributed by atoms with van der Waals surface area (Å²) in [7, 11) is 0. The van der Waals surface area contributed by atoms with Crippen LogP contribution in [0.5, 0.6) is 0 Å². The van der Waals surface area contributed by atoms with Crippen molar-refractivity contribution in [1.82, 2.24) is 15.5 Å². The number of rotatable bonds is 5. The number of aryl methyl sites for hydroxylation is 1. The third-order valence-electron chi connectivity index (χ3n) is 3.03. The molecule has 2 aromatic rings. The predicted octanol–water partition coefficient (Wildman–Crippen LogP) is 1.74. The number of aliphatic hydroxyl groups is 1. The largest absolute Gasteiger partial charge is 0.387 e. The Kier molecular flexibility index (Phi) is 4.74. The van der Waals surface area contributed by atoms with Gasteiger partial charge < -0.3 is 10.4 Å². The van der Waals surface area contributed by atoms with Gasteiger partial charge >= 0.3 is 5.69 Å². The summed E-state index contributed by atoms with van der Waals surface area (Å²) in [6.45, 7) is 1.30. The number of hydrogen-bond acceptors (Lipinski definition) is 5. The summed E-state index contributed by atoms with van der Waals surface area (Å²) in [5.41, 5.74) is -0.0717. The number of amides is 1. The third-order valence-corrected chi connectivity index (χ3v) is 3.38. The maximum Gasteiger partial charge on any atom is 0.322 e. The van der Waals surface area contributed by atoms with Gasteiger partial charge in [-0.2, -0.15) is 5.10 Å². The van der Waals surface area contributed by atoms with Crippen LogP contribution in [0, 0.1) is 17.0 Å². The highest BCUT2D eigenvalue weighted by molar-refractivity contribution is 6.31. The lowest BCUT2D eigenvalue weighted by Crippen LogP contribution is -2.29. The normalized spacial score (nSPS) is 12.0. The quantitative estimate of drug-likeness (QED) is 0.571. The third kappa shape index (κ3) is 3.23. The average Bonchev–Trinajstić information content (AvgIpc) is 2.87. The van der Waals surface area contributed by atoms with E-state index in [1.54, 1.807) is 24.3 Å². The van der Waals surface area contributed by atoms with Crippen molar-refractivity contribution in [3.8, 4) is 0 Å². The Labute approximate surface area is 130 Å². The first-order valence-electron chi connectivity index (χ1n) is 6.32. The Bertz CT molecular complexity index is 716. The summed E-state index contributed by atoms with van der Waals surface area (Å²) in [6, 6.07) is 6.66. The van der Waals surface area contributed by atoms with Crippen LogP contribution >= 0.6 is 11.6 Å². The Morgan fingerprint density at radius 2 is 2.23 bits per heavy atom. The fourth-order valence-corrected chi connectivity index (χ4v) is 2.20. The van der Waals surface area contributed by atoms with Gasteiger partial charge in [-0.25, -0.2) is 0 Å². The number of carbonyl (C=O) groups is 1. The molecule has 0 unspecified atom stereocenters. The van der Waals surface area contributed by atoms with E-state index in [0.717, 1.165) is 0 Å². The molecule has 1 atom stereocenters. The van der Waals surface area contributed by atoms with Crippen LogP contribution in [0.1, 0.15) is 27.8 Å². The molecule has 0 saturated heterocycles. The van der Waals surface area contributed by atoms with Crippen LogP contribution in [0.4, 0.5) is 5.69 Å². The molecule has 116 valence electrons. The van der Waals surface area contributed by atoms with Crippen LogP contribution in [0.25, 0.3) is 0 Å². The van der Waals surface area contributed by atoms with Gasteiger partial charge in [0.2, 0.25) is 5.69 Å². The molecule has 1 aromatic carbocycles. The zero-order valence-electron chi connectivity index (χ0n) is 11.5. The van der Waals surface area contributed by atoms with E-state index >= 15 is 0 Å². The fraction of sp³-hybridized carbons (Fsp3) is 0.231. The Morgan fingerprint density at radius 1 is 1.55 bits per heavy atom. The van der Waals surface area contributed by atoms with Gasteiger partial charge in [-0.1, -0.05) is 29.8 Å². The maximum atomic E-state index is 12.0. The van der Waals surface area contributed by atoms with E-state index in [2.05, 4.69) is 15.5 Å². The van der Waals surface area contributed by atoms with E-state index in [4.69, 9.17) is 11.6 Å². The molecule has 22 heavy (non-hydrogen) atoms. The summed E-state index contributed by atoms with van der Waals surface area (Å²) in [4.78, 5) is 22.2. The number of hydrogen-bond donors (Lipinski definition) is 3. The smallest absolute Gasteiger partial charge is 0.322 e. The van der Waals surface area contributed by atoms with E-state index < -0.39 is 16.9 Å². The van der Waals surface area contributed by atoms with Crippen LogP contribution in [0.3, 0.4) is 0 Å². The van der Waals surface area contributed by atoms with E-state index in [1.165, 1.54) is 6.92 Å². The lowest BCUT2D eigenvalue weighted by molar-refractivity contribution is -0.385. The summed E-state index contributed by atoms with van der Waals surface area (Å²) < 4.78 is 0. The molecule has 0 saturated carbocycles. The highest BCUT2D eigenvalue weighted by Crippen LogP contribution is 2.23. The number of nitro groups is 1. The highest BCUT2D eigenvalue weighted by Gasteiger charge is 2.27. The van der Waals surface area contributed by atoms with Crippen molar-refractivity contribution in [2.24, 2.45) is 0 Å². The molecule has 0 aliphatic rings. The first-order valence-corrected chi connectivity index (χ1v) is 6.69. The van der Waals surface area contributed by atoms with Crippen molar-refractivity contribution in [2.45, 2.75) is 13.0 Å². The molecule has 0 spiro atoms. The number of carbonyl (C=O) groups excluding carboxylic acids is 1. The van der Waals surface area contributed by atoms with Crippen molar-refractivity contribution >= 4 is 23.2 Å². The van der Waals surface area contributed by atoms with Crippen molar-refractivity contribution in [1.29, 1.82) is 0 Å². The van der Waals surface area contributed by atoms with Gasteiger partial charge in [0.25, 0.3) is 5.91 Å². The van der Waals surface area contributed by atoms with Gasteiger partial charge in [-0.05, 0) is 13.0 Å². The second-order valence-corrected chi connectivity index (χ2v) is 4.96. The van der Waals surface area contributed by atoms with Crippen molar-refractivity contribution in [3.63, 3.8) is 0 Å². The average molecular weight is 325 g/mol. The number of H-pyrrole nitrogens is 1. The molecule has 0 radical (unpaired) electrons. The zero-order valence-corrected chi connectivity index (χ0v) is 12.3. The zero-order chi connectivity index (χ0) is 16.3. The van der Waals surface area contributed by atoms with Gasteiger partial charge in [0.05, 0.1) is 11.0 Å². The van der Waals surface area contributed by atoms with Crippen LogP contribution < -0.4 is 5.32 Å². The molecule has 3 N–H and O–H groups in total. The van der Waals surface area contributed by atoms with E-state index in [-0.39, 0.29) is 23.6 Å². The number of aromatic amines is 1. The molecule has 0 aliphatic heterocycles. The number of aliphatic hydroxyl groups excluding tert-OH is 1. The molecule has 2 rings (SSSR count). The standard InChI is InChI=1S/C13H13ClN4O4/c1-7-12(18(21)22)11(17-16-7)13(20)15-6-10(19)8-4-2-3-5-9(8)14/h2-5,10,19H,6H2,1H3,(H,15,20)(H,16,17)/t10-/m1/s1. The summed E-state index contributed by atoms with van der Waals surface area (Å²) in [5, 5.41) is 29.7. The molecule has 0 aliphatic carbocycles. The number of halogens is 1. The second kappa shape index (κ2) is 6.54. The molecule has 1 amide bonds. The topological polar surface area (TPSA) is 121 Å². The van der Waals surface area contributed by atoms with Crippen molar-refractivity contribution in [2.75, 3.05) is 6.54 Å². The first-order chi connectivity index (χ1) is 10.4. The van der Waals surface area contributed by atoms with Crippen LogP contribution in [0.15, 0.2) is 24.3 Å². The summed E-state index contributed by atoms with van der Waals surface area (Å²) in [6.07, 6.45) is -1.03. The molecule has 0 bridgehead atoms. The monoisotopic (exact) mass is 324 g/mol. The minimum atomic E-state index is -1.03. The van der Waals surface area contributed by atoms with E-state index in [9.17, 15) is 20.0 Å². The van der Waals surface area contributed by atoms with Gasteiger partial charge in [0, 0.05) is 17.1 Å². The van der Waals surface area contributed by atoms with Crippen molar-refractivity contribution in [3.05, 3.63) is 56.4 Å². The Morgan fingerprint density at radius 3 is 2.86 bits per heavy atom. The highest BCUT2D eigenvalue weighted by atomic mass is 35.5. The Hall–Kier alpha value is -2.45. The van der Waals surface area contributed by atoms with Gasteiger partial charge in [-0.15, -0.1) is 0 Å². The minimum absolute atomic E-state index is 0.147. The lowest BCUT2D eigenvalue weighted by atomic mass is 10.1. The van der Waals surface area contributed by atoms with E-state index in [0.29, 0.717) is 10.6 Å². The second-order valence-electron chi connectivity index (χ2n) is 4.55. The molecule has 9 heteroatoms. The summed E-state index contributed by atoms with van der Waals surface area (Å²) in [5.74, 6) is -0.748. The Balaban J connectivity index is 2.08. The SMILES string of the molecule is Cc1[nH]nc(C(=O)NC[C@@H](O)c2ccccc2Cl)c1[N+](=O)[O-]. The number of nitrogens with zero attached hydrogens (tertiary/aromatic N) is 2. The van der Waals surface area contributed by atoms with Gasteiger partial charge in [0.15, 0.2) is 0 Å². The van der Waals surface area contributed by atoms with Gasteiger partial charge in [0.1, 0.15) is 5.69 Å². The van der Waals surface area contributed by atoms with Crippen LogP contribution in [-0.4, -0.2) is 32.7 Å². The molecule has 8 nitrogen and oxygen atoms in total. The molecule has 1 heterocycles. The van der Waals surface area contributed by atoms with Gasteiger partial charge in [-0.3, -0.25) is 20.0 Å². The predicted molar refractivity (Wildman–Crippen MR) is 78.7 cm³/mol. The van der Waals surface area contributed by atoms with Crippen LogP contribution in [-0.2, 0) is 0 Å². The molecule has 1 aromatic heterocycles. The fourth-order valence-electron chi connectivity index (χ4n) is 1.93. The number of benzene rings is 1. The summed E-state index contributed by atoms with van der Waals surface area (Å²) >= 11 is 5.94. The van der Waals surface area contributed by atoms with Crippen LogP contribution in [0.2, 0.25) is 5.02 Å². The molecule has 0 fully saturated rings.